The van der Waals surface area contributed by atoms with Gasteiger partial charge in [-0.15, -0.1) is 0 Å². The van der Waals surface area contributed by atoms with E-state index in [1.165, 1.54) is 0 Å². The van der Waals surface area contributed by atoms with Gasteiger partial charge in [0.2, 0.25) is 11.8 Å². The summed E-state index contributed by atoms with van der Waals surface area (Å²) >= 11 is 0. The van der Waals surface area contributed by atoms with Crippen molar-refractivity contribution >= 4 is 23.5 Å². The minimum atomic E-state index is -0.140. The monoisotopic (exact) mass is 403 g/mol. The number of ether oxygens (including phenoxy) is 1. The van der Waals surface area contributed by atoms with Crippen molar-refractivity contribution in [1.82, 2.24) is 9.80 Å². The molecular formula is C22H33N3O4. The fourth-order valence-corrected chi connectivity index (χ4v) is 3.37. The number of rotatable bonds is 11. The minimum absolute atomic E-state index is 0.0289. The van der Waals surface area contributed by atoms with E-state index in [1.807, 2.05) is 42.2 Å². The van der Waals surface area contributed by atoms with Crippen molar-refractivity contribution in [3.8, 4) is 0 Å². The number of piperazine rings is 1. The van der Waals surface area contributed by atoms with Crippen molar-refractivity contribution in [2.24, 2.45) is 0 Å². The molecule has 1 saturated heterocycles. The zero-order chi connectivity index (χ0) is 20.9. The maximum Gasteiger partial charge on any atom is 0.305 e. The molecule has 1 N–H and O–H groups in total. The van der Waals surface area contributed by atoms with Gasteiger partial charge < -0.3 is 15.0 Å². The number of benzene rings is 1. The Morgan fingerprint density at radius 2 is 1.59 bits per heavy atom. The Morgan fingerprint density at radius 3 is 2.24 bits per heavy atom. The molecule has 0 radical (unpaired) electrons. The minimum Gasteiger partial charge on any atom is -0.466 e. The fraction of sp³-hybridized carbons (Fsp3) is 0.591. The van der Waals surface area contributed by atoms with Crippen molar-refractivity contribution in [3.05, 3.63) is 30.3 Å². The zero-order valence-corrected chi connectivity index (χ0v) is 17.4. The molecule has 2 rings (SSSR count). The number of anilines is 1. The van der Waals surface area contributed by atoms with Crippen LogP contribution in [-0.2, 0) is 19.1 Å². The third-order valence-electron chi connectivity index (χ3n) is 4.98. The first kappa shape index (κ1) is 22.9. The van der Waals surface area contributed by atoms with Gasteiger partial charge in [0.1, 0.15) is 0 Å². The first-order valence-corrected chi connectivity index (χ1v) is 10.6. The first-order chi connectivity index (χ1) is 14.1. The van der Waals surface area contributed by atoms with Crippen LogP contribution in [0.2, 0.25) is 0 Å². The second-order valence-corrected chi connectivity index (χ2v) is 7.29. The zero-order valence-electron chi connectivity index (χ0n) is 17.4. The van der Waals surface area contributed by atoms with Crippen molar-refractivity contribution in [2.75, 3.05) is 44.6 Å². The van der Waals surface area contributed by atoms with Crippen LogP contribution in [0.4, 0.5) is 5.69 Å². The number of esters is 1. The smallest absolute Gasteiger partial charge is 0.305 e. The molecule has 1 aliphatic heterocycles. The maximum atomic E-state index is 12.3. The van der Waals surface area contributed by atoms with E-state index in [0.29, 0.717) is 52.2 Å². The summed E-state index contributed by atoms with van der Waals surface area (Å²) in [6.07, 6.45) is 4.56. The molecule has 1 aromatic carbocycles. The Kier molecular flexibility index (Phi) is 10.2. The van der Waals surface area contributed by atoms with Crippen LogP contribution in [0.5, 0.6) is 0 Å². The Balaban J connectivity index is 1.54. The SMILES string of the molecule is CCOC(=O)CCCCCCC(=O)N1CCN(CC(=O)Nc2ccccc2)CC1. The van der Waals surface area contributed by atoms with Crippen LogP contribution in [-0.4, -0.2) is 66.9 Å². The predicted molar refractivity (Wildman–Crippen MR) is 112 cm³/mol. The number of para-hydroxylation sites is 1. The van der Waals surface area contributed by atoms with Crippen LogP contribution in [0, 0.1) is 0 Å². The number of amides is 2. The van der Waals surface area contributed by atoms with Gasteiger partial charge in [-0.2, -0.15) is 0 Å². The van der Waals surface area contributed by atoms with E-state index >= 15 is 0 Å². The molecule has 0 unspecified atom stereocenters. The van der Waals surface area contributed by atoms with Crippen molar-refractivity contribution in [3.63, 3.8) is 0 Å². The number of nitrogens with zero attached hydrogens (tertiary/aromatic N) is 2. The summed E-state index contributed by atoms with van der Waals surface area (Å²) in [5.41, 5.74) is 0.800. The molecule has 1 fully saturated rings. The summed E-state index contributed by atoms with van der Waals surface area (Å²) < 4.78 is 4.90. The number of hydrogen-bond donors (Lipinski definition) is 1. The van der Waals surface area contributed by atoms with E-state index in [0.717, 1.165) is 31.4 Å². The lowest BCUT2D eigenvalue weighted by atomic mass is 10.1. The molecule has 1 aromatic rings. The molecule has 1 aliphatic rings. The summed E-state index contributed by atoms with van der Waals surface area (Å²) in [7, 11) is 0. The van der Waals surface area contributed by atoms with Gasteiger partial charge in [0.15, 0.2) is 0 Å². The molecule has 7 nitrogen and oxygen atoms in total. The molecule has 0 bridgehead atoms. The number of carbonyl (C=O) groups excluding carboxylic acids is 3. The first-order valence-electron chi connectivity index (χ1n) is 10.6. The highest BCUT2D eigenvalue weighted by atomic mass is 16.5. The summed E-state index contributed by atoms with van der Waals surface area (Å²) in [4.78, 5) is 39.7. The third-order valence-corrected chi connectivity index (χ3v) is 4.98. The van der Waals surface area contributed by atoms with Crippen molar-refractivity contribution in [2.45, 2.75) is 45.4 Å². The molecule has 2 amide bonds. The molecular weight excluding hydrogens is 370 g/mol. The summed E-state index contributed by atoms with van der Waals surface area (Å²) in [6.45, 7) is 5.35. The van der Waals surface area contributed by atoms with Crippen LogP contribution in [0.3, 0.4) is 0 Å². The van der Waals surface area contributed by atoms with Crippen LogP contribution < -0.4 is 5.32 Å². The molecule has 160 valence electrons. The van der Waals surface area contributed by atoms with Gasteiger partial charge in [-0.1, -0.05) is 31.0 Å². The van der Waals surface area contributed by atoms with E-state index in [1.54, 1.807) is 0 Å². The molecule has 0 spiro atoms. The predicted octanol–water partition coefficient (Wildman–Crippen LogP) is 2.67. The second kappa shape index (κ2) is 12.9. The quantitative estimate of drug-likeness (QED) is 0.454. The van der Waals surface area contributed by atoms with Gasteiger partial charge in [-0.3, -0.25) is 19.3 Å². The lowest BCUT2D eigenvalue weighted by molar-refractivity contribution is -0.143. The highest BCUT2D eigenvalue weighted by Gasteiger charge is 2.22. The molecule has 1 heterocycles. The van der Waals surface area contributed by atoms with Gasteiger partial charge in [0.25, 0.3) is 0 Å². The van der Waals surface area contributed by atoms with Crippen LogP contribution in [0.25, 0.3) is 0 Å². The average molecular weight is 404 g/mol. The Labute approximate surface area is 173 Å². The molecule has 0 atom stereocenters. The fourth-order valence-electron chi connectivity index (χ4n) is 3.37. The maximum absolute atomic E-state index is 12.3. The van der Waals surface area contributed by atoms with Crippen molar-refractivity contribution < 1.29 is 19.1 Å². The molecule has 0 aliphatic carbocycles. The van der Waals surface area contributed by atoms with Gasteiger partial charge in [0, 0.05) is 44.7 Å². The van der Waals surface area contributed by atoms with E-state index in [2.05, 4.69) is 10.2 Å². The van der Waals surface area contributed by atoms with E-state index in [4.69, 9.17) is 4.74 Å². The molecule has 0 saturated carbocycles. The van der Waals surface area contributed by atoms with Gasteiger partial charge in [-0.25, -0.2) is 0 Å². The Bertz CT molecular complexity index is 643. The Hall–Kier alpha value is -2.41. The highest BCUT2D eigenvalue weighted by molar-refractivity contribution is 5.92. The number of unbranched alkanes of at least 4 members (excludes halogenated alkanes) is 3. The van der Waals surface area contributed by atoms with Gasteiger partial charge in [-0.05, 0) is 31.9 Å². The van der Waals surface area contributed by atoms with Crippen LogP contribution in [0.15, 0.2) is 30.3 Å². The molecule has 29 heavy (non-hydrogen) atoms. The standard InChI is InChI=1S/C22H33N3O4/c1-2-29-22(28)13-9-4-3-8-12-21(27)25-16-14-24(15-17-25)18-20(26)23-19-10-6-5-7-11-19/h5-7,10-11H,2-4,8-9,12-18H2,1H3,(H,23,26). The highest BCUT2D eigenvalue weighted by Crippen LogP contribution is 2.10. The summed E-state index contributed by atoms with van der Waals surface area (Å²) in [6, 6.07) is 9.42. The van der Waals surface area contributed by atoms with E-state index in [9.17, 15) is 14.4 Å². The number of hydrogen-bond acceptors (Lipinski definition) is 5. The normalized spacial score (nSPS) is 14.4. The van der Waals surface area contributed by atoms with Gasteiger partial charge >= 0.3 is 5.97 Å². The van der Waals surface area contributed by atoms with E-state index < -0.39 is 0 Å². The largest absolute Gasteiger partial charge is 0.466 e. The Morgan fingerprint density at radius 1 is 0.931 bits per heavy atom. The molecule has 0 aromatic heterocycles. The van der Waals surface area contributed by atoms with Gasteiger partial charge in [0.05, 0.1) is 13.2 Å². The topological polar surface area (TPSA) is 79.0 Å². The summed E-state index contributed by atoms with van der Waals surface area (Å²) in [5.74, 6) is 0.0153. The molecule has 7 heteroatoms. The average Bonchev–Trinajstić information content (AvgIpc) is 2.72. The summed E-state index contributed by atoms with van der Waals surface area (Å²) in [5, 5.41) is 2.89. The lowest BCUT2D eigenvalue weighted by Gasteiger charge is -2.34. The number of nitrogens with one attached hydrogen (secondary N) is 1. The lowest BCUT2D eigenvalue weighted by Crippen LogP contribution is -2.50. The van der Waals surface area contributed by atoms with Crippen molar-refractivity contribution in [1.29, 1.82) is 0 Å². The van der Waals surface area contributed by atoms with Crippen LogP contribution >= 0.6 is 0 Å². The van der Waals surface area contributed by atoms with E-state index in [-0.39, 0.29) is 17.8 Å². The third kappa shape index (κ3) is 9.09. The second-order valence-electron chi connectivity index (χ2n) is 7.29. The van der Waals surface area contributed by atoms with Crippen LogP contribution in [0.1, 0.15) is 45.4 Å². The number of carbonyl (C=O) groups is 3.